The first kappa shape index (κ1) is 15.4. The van der Waals surface area contributed by atoms with Crippen molar-refractivity contribution in [2.75, 3.05) is 0 Å². The summed E-state index contributed by atoms with van der Waals surface area (Å²) in [5, 5.41) is 20.6. The van der Waals surface area contributed by atoms with Gasteiger partial charge in [0, 0.05) is 11.0 Å². The largest absolute Gasteiger partial charge is 0.393 e. The normalized spacial score (nSPS) is 61.2. The van der Waals surface area contributed by atoms with Gasteiger partial charge in [-0.3, -0.25) is 0 Å². The van der Waals surface area contributed by atoms with Gasteiger partial charge in [0.15, 0.2) is 0 Å². The lowest BCUT2D eigenvalue weighted by Gasteiger charge is -2.64. The molecule has 0 amide bonds. The molecule has 3 nitrogen and oxygen atoms in total. The fourth-order valence-corrected chi connectivity index (χ4v) is 7.28. The summed E-state index contributed by atoms with van der Waals surface area (Å²) in [6.07, 6.45) is 9.44. The molecule has 0 aliphatic heterocycles. The molecule has 3 heteroatoms. The second kappa shape index (κ2) is 4.70. The molecular weight excluding hydrogens is 274 g/mol. The maximum atomic E-state index is 10.6. The molecule has 3 unspecified atom stereocenters. The van der Waals surface area contributed by atoms with Crippen LogP contribution >= 0.6 is 0 Å². The van der Waals surface area contributed by atoms with E-state index < -0.39 is 0 Å². The van der Waals surface area contributed by atoms with Crippen molar-refractivity contribution in [1.82, 2.24) is 0 Å². The average molecular weight is 307 g/mol. The Balaban J connectivity index is 1.68. The van der Waals surface area contributed by atoms with Crippen LogP contribution in [0.5, 0.6) is 0 Å². The zero-order valence-corrected chi connectivity index (χ0v) is 14.2. The predicted molar refractivity (Wildman–Crippen MR) is 87.2 cm³/mol. The standard InChI is InChI=1S/C19H33NO2/c1-17-8-5-13(21)11-12(17)3-4-15-14(17)6-9-18(2)16(22)7-10-19(15,18)20/h12-16,21-22H,3-11,20H2,1-2H3/t12?,13?,14-,15-,16?,17+,18-,19-/m1/s1. The zero-order chi connectivity index (χ0) is 15.8. The highest BCUT2D eigenvalue weighted by Gasteiger charge is 2.65. The van der Waals surface area contributed by atoms with Crippen LogP contribution in [0.25, 0.3) is 0 Å². The summed E-state index contributed by atoms with van der Waals surface area (Å²) < 4.78 is 0. The highest BCUT2D eigenvalue weighted by atomic mass is 16.3. The molecular formula is C19H33NO2. The highest BCUT2D eigenvalue weighted by molar-refractivity contribution is 5.19. The summed E-state index contributed by atoms with van der Waals surface area (Å²) in [5.41, 5.74) is 7.16. The van der Waals surface area contributed by atoms with Crippen LogP contribution in [-0.4, -0.2) is 28.0 Å². The lowest BCUT2D eigenvalue weighted by atomic mass is 9.43. The quantitative estimate of drug-likeness (QED) is 0.645. The summed E-state index contributed by atoms with van der Waals surface area (Å²) in [4.78, 5) is 0. The van der Waals surface area contributed by atoms with Gasteiger partial charge in [-0.05, 0) is 81.0 Å². The summed E-state index contributed by atoms with van der Waals surface area (Å²) >= 11 is 0. The van der Waals surface area contributed by atoms with Gasteiger partial charge in [-0.2, -0.15) is 0 Å². The van der Waals surface area contributed by atoms with Crippen molar-refractivity contribution in [2.24, 2.45) is 34.3 Å². The van der Waals surface area contributed by atoms with Gasteiger partial charge in [0.2, 0.25) is 0 Å². The van der Waals surface area contributed by atoms with E-state index in [1.54, 1.807) is 0 Å². The minimum Gasteiger partial charge on any atom is -0.393 e. The first-order valence-electron chi connectivity index (χ1n) is 9.46. The molecule has 4 rings (SSSR count). The summed E-state index contributed by atoms with van der Waals surface area (Å²) in [6.45, 7) is 4.73. The van der Waals surface area contributed by atoms with E-state index >= 15 is 0 Å². The third-order valence-corrected chi connectivity index (χ3v) is 8.93. The number of aliphatic hydroxyl groups excluding tert-OH is 2. The van der Waals surface area contributed by atoms with E-state index in [4.69, 9.17) is 5.73 Å². The lowest BCUT2D eigenvalue weighted by Crippen LogP contribution is -2.67. The summed E-state index contributed by atoms with van der Waals surface area (Å²) in [6, 6.07) is 0. The second-order valence-corrected chi connectivity index (χ2v) is 9.47. The first-order valence-corrected chi connectivity index (χ1v) is 9.46. The van der Waals surface area contributed by atoms with Crippen molar-refractivity contribution in [3.8, 4) is 0 Å². The Labute approximate surface area is 134 Å². The molecule has 22 heavy (non-hydrogen) atoms. The van der Waals surface area contributed by atoms with Crippen LogP contribution in [0.3, 0.4) is 0 Å². The van der Waals surface area contributed by atoms with E-state index in [-0.39, 0.29) is 23.2 Å². The van der Waals surface area contributed by atoms with Gasteiger partial charge in [-0.15, -0.1) is 0 Å². The van der Waals surface area contributed by atoms with Crippen LogP contribution in [0.15, 0.2) is 0 Å². The number of aliphatic hydroxyl groups is 2. The predicted octanol–water partition coefficient (Wildman–Crippen LogP) is 2.83. The molecule has 4 N–H and O–H groups in total. The molecule has 0 aromatic heterocycles. The molecule has 0 spiro atoms. The molecule has 0 radical (unpaired) electrons. The van der Waals surface area contributed by atoms with Gasteiger partial charge in [-0.25, -0.2) is 0 Å². The Morgan fingerprint density at radius 1 is 0.864 bits per heavy atom. The smallest absolute Gasteiger partial charge is 0.0612 e. The molecule has 0 aromatic carbocycles. The SMILES string of the molecule is C[C@]12CCC(O)CC1CC[C@@H]1[C@H]2CC[C@]2(C)C(O)CC[C@@]12N. The third-order valence-electron chi connectivity index (χ3n) is 8.93. The molecule has 4 fully saturated rings. The van der Waals surface area contributed by atoms with E-state index in [1.165, 1.54) is 19.3 Å². The summed E-state index contributed by atoms with van der Waals surface area (Å²) in [5.74, 6) is 1.94. The maximum absolute atomic E-state index is 10.6. The monoisotopic (exact) mass is 307 g/mol. The number of nitrogens with two attached hydrogens (primary N) is 1. The maximum Gasteiger partial charge on any atom is 0.0612 e. The first-order chi connectivity index (χ1) is 10.3. The fourth-order valence-electron chi connectivity index (χ4n) is 7.28. The van der Waals surface area contributed by atoms with Crippen LogP contribution in [0.2, 0.25) is 0 Å². The van der Waals surface area contributed by atoms with Crippen molar-refractivity contribution in [1.29, 1.82) is 0 Å². The van der Waals surface area contributed by atoms with E-state index in [2.05, 4.69) is 13.8 Å². The topological polar surface area (TPSA) is 66.5 Å². The molecule has 0 bridgehead atoms. The van der Waals surface area contributed by atoms with Gasteiger partial charge >= 0.3 is 0 Å². The fraction of sp³-hybridized carbons (Fsp3) is 1.00. The van der Waals surface area contributed by atoms with Crippen molar-refractivity contribution in [3.05, 3.63) is 0 Å². The molecule has 126 valence electrons. The Bertz CT molecular complexity index is 468. The Kier molecular flexibility index (Phi) is 3.30. The van der Waals surface area contributed by atoms with Crippen molar-refractivity contribution in [2.45, 2.75) is 89.4 Å². The molecule has 0 aromatic rings. The minimum absolute atomic E-state index is 0.0778. The Morgan fingerprint density at radius 3 is 2.41 bits per heavy atom. The summed E-state index contributed by atoms with van der Waals surface area (Å²) in [7, 11) is 0. The molecule has 0 heterocycles. The minimum atomic E-state index is -0.211. The van der Waals surface area contributed by atoms with Gasteiger partial charge in [0.1, 0.15) is 0 Å². The van der Waals surface area contributed by atoms with E-state index in [0.29, 0.717) is 23.2 Å². The van der Waals surface area contributed by atoms with E-state index in [9.17, 15) is 10.2 Å². The Hall–Kier alpha value is -0.120. The van der Waals surface area contributed by atoms with Gasteiger partial charge in [0.25, 0.3) is 0 Å². The highest BCUT2D eigenvalue weighted by Crippen LogP contribution is 2.66. The van der Waals surface area contributed by atoms with Crippen LogP contribution in [0.1, 0.15) is 71.6 Å². The van der Waals surface area contributed by atoms with Crippen molar-refractivity contribution in [3.63, 3.8) is 0 Å². The average Bonchev–Trinajstić information content (AvgIpc) is 2.72. The lowest BCUT2D eigenvalue weighted by molar-refractivity contribution is -0.143. The second-order valence-electron chi connectivity index (χ2n) is 9.47. The van der Waals surface area contributed by atoms with E-state index in [1.807, 2.05) is 0 Å². The number of rotatable bonds is 0. The molecule has 4 aliphatic carbocycles. The van der Waals surface area contributed by atoms with Crippen LogP contribution in [-0.2, 0) is 0 Å². The zero-order valence-electron chi connectivity index (χ0n) is 14.2. The molecule has 4 aliphatic rings. The van der Waals surface area contributed by atoms with Gasteiger partial charge in [0.05, 0.1) is 12.2 Å². The molecule has 4 saturated carbocycles. The Morgan fingerprint density at radius 2 is 1.64 bits per heavy atom. The molecule has 8 atom stereocenters. The van der Waals surface area contributed by atoms with Crippen LogP contribution in [0.4, 0.5) is 0 Å². The van der Waals surface area contributed by atoms with Gasteiger partial charge < -0.3 is 15.9 Å². The van der Waals surface area contributed by atoms with Crippen molar-refractivity contribution >= 4 is 0 Å². The third kappa shape index (κ3) is 1.74. The van der Waals surface area contributed by atoms with Gasteiger partial charge in [-0.1, -0.05) is 13.8 Å². The van der Waals surface area contributed by atoms with Crippen molar-refractivity contribution < 1.29 is 10.2 Å². The van der Waals surface area contributed by atoms with Crippen LogP contribution < -0.4 is 5.73 Å². The number of fused-ring (bicyclic) bond motifs is 5. The number of hydrogen-bond donors (Lipinski definition) is 3. The van der Waals surface area contributed by atoms with E-state index in [0.717, 1.165) is 38.5 Å². The van der Waals surface area contributed by atoms with Crippen LogP contribution in [0, 0.1) is 28.6 Å². The number of hydrogen-bond acceptors (Lipinski definition) is 3. The molecule has 0 saturated heterocycles.